The lowest BCUT2D eigenvalue weighted by Gasteiger charge is -2.23. The van der Waals surface area contributed by atoms with Crippen molar-refractivity contribution in [1.82, 2.24) is 14.5 Å². The average Bonchev–Trinajstić information content (AvgIpc) is 3.72. The predicted octanol–water partition coefficient (Wildman–Crippen LogP) is 5.37. The van der Waals surface area contributed by atoms with Crippen LogP contribution in [-0.2, 0) is 41.0 Å². The molecule has 0 fully saturated rings. The molecule has 224 valence electrons. The minimum atomic E-state index is -3.62. The number of carbonyl (C=O) groups excluding carboxylic acids is 1. The highest BCUT2D eigenvalue weighted by atomic mass is 32.2. The fourth-order valence-corrected chi connectivity index (χ4v) is 7.13. The number of amides is 1. The highest BCUT2D eigenvalue weighted by Crippen LogP contribution is 2.20. The molecule has 4 aromatic rings. The topological polar surface area (TPSA) is 88.2 Å². The second kappa shape index (κ2) is 15.9. The maximum absolute atomic E-state index is 13.5. The van der Waals surface area contributed by atoms with E-state index in [4.69, 9.17) is 9.47 Å². The van der Waals surface area contributed by atoms with E-state index in [1.165, 1.54) is 4.31 Å². The Morgan fingerprint density at radius 2 is 1.24 bits per heavy atom. The van der Waals surface area contributed by atoms with Crippen LogP contribution in [-0.4, -0.2) is 56.6 Å². The Kier molecular flexibility index (Phi) is 12.0. The molecular formula is C31H37N3O5S3. The summed E-state index contributed by atoms with van der Waals surface area (Å²) in [4.78, 5) is 17.2. The number of sulfonamides is 1. The van der Waals surface area contributed by atoms with Crippen LogP contribution in [0.15, 0.2) is 83.6 Å². The third kappa shape index (κ3) is 9.67. The smallest absolute Gasteiger partial charge is 0.224 e. The lowest BCUT2D eigenvalue weighted by Crippen LogP contribution is -2.37. The van der Waals surface area contributed by atoms with Crippen molar-refractivity contribution in [1.29, 1.82) is 0 Å². The van der Waals surface area contributed by atoms with Gasteiger partial charge < -0.3 is 19.7 Å². The van der Waals surface area contributed by atoms with Crippen LogP contribution >= 0.6 is 22.7 Å². The van der Waals surface area contributed by atoms with E-state index in [0.29, 0.717) is 31.1 Å². The number of methoxy groups -OCH3 is 2. The van der Waals surface area contributed by atoms with Crippen molar-refractivity contribution in [3.8, 4) is 11.5 Å². The summed E-state index contributed by atoms with van der Waals surface area (Å²) < 4.78 is 39.0. The van der Waals surface area contributed by atoms with E-state index < -0.39 is 10.0 Å². The molecule has 1 amide bonds. The molecule has 1 N–H and O–H groups in total. The molecule has 0 saturated carbocycles. The minimum Gasteiger partial charge on any atom is -0.497 e. The standard InChI is InChI=1S/C31H37N3O5S3/c1-38-27-11-7-25(8-12-27)21-34(22-26-9-13-28(39-2)14-10-26)42(36,37)20-17-32-16-15-31(35)33(23-29-5-3-18-40-29)24-30-6-4-19-41-30/h3-14,18-19,32H,15-17,20-24H2,1-2H3. The molecule has 11 heteroatoms. The molecule has 2 aromatic heterocycles. The molecular weight excluding hydrogens is 591 g/mol. The van der Waals surface area contributed by atoms with Gasteiger partial charge in [0.25, 0.3) is 0 Å². The zero-order chi connectivity index (χ0) is 29.8. The first-order valence-electron chi connectivity index (χ1n) is 13.6. The predicted molar refractivity (Wildman–Crippen MR) is 169 cm³/mol. The van der Waals surface area contributed by atoms with E-state index in [1.807, 2.05) is 88.5 Å². The Bertz CT molecular complexity index is 1370. The van der Waals surface area contributed by atoms with Crippen molar-refractivity contribution < 1.29 is 22.7 Å². The molecule has 2 heterocycles. The van der Waals surface area contributed by atoms with Gasteiger partial charge in [-0.1, -0.05) is 36.4 Å². The maximum atomic E-state index is 13.5. The monoisotopic (exact) mass is 627 g/mol. The van der Waals surface area contributed by atoms with Gasteiger partial charge >= 0.3 is 0 Å². The Morgan fingerprint density at radius 3 is 1.67 bits per heavy atom. The molecule has 0 aliphatic rings. The number of thiophene rings is 2. The first kappa shape index (κ1) is 31.7. The van der Waals surface area contributed by atoms with Crippen LogP contribution in [0.4, 0.5) is 0 Å². The fourth-order valence-electron chi connectivity index (χ4n) is 4.34. The third-order valence-electron chi connectivity index (χ3n) is 6.69. The molecule has 8 nitrogen and oxygen atoms in total. The second-order valence-corrected chi connectivity index (χ2v) is 13.8. The summed E-state index contributed by atoms with van der Waals surface area (Å²) in [6, 6.07) is 22.8. The Labute approximate surface area is 256 Å². The molecule has 0 aliphatic carbocycles. The molecule has 0 bridgehead atoms. The van der Waals surface area contributed by atoms with Gasteiger partial charge in [-0.15, -0.1) is 22.7 Å². The first-order chi connectivity index (χ1) is 20.4. The Morgan fingerprint density at radius 1 is 0.738 bits per heavy atom. The highest BCUT2D eigenvalue weighted by Gasteiger charge is 2.23. The molecule has 0 unspecified atom stereocenters. The lowest BCUT2D eigenvalue weighted by molar-refractivity contribution is -0.132. The molecule has 0 saturated heterocycles. The van der Waals surface area contributed by atoms with Crippen LogP contribution in [0.3, 0.4) is 0 Å². The number of rotatable bonds is 17. The Hall–Kier alpha value is -3.22. The van der Waals surface area contributed by atoms with E-state index in [1.54, 1.807) is 36.9 Å². The van der Waals surface area contributed by atoms with Crippen LogP contribution in [0.1, 0.15) is 27.3 Å². The fraction of sp³-hybridized carbons (Fsp3) is 0.323. The summed E-state index contributed by atoms with van der Waals surface area (Å²) >= 11 is 3.27. The average molecular weight is 628 g/mol. The normalized spacial score (nSPS) is 11.5. The largest absolute Gasteiger partial charge is 0.497 e. The first-order valence-corrected chi connectivity index (χ1v) is 17.0. The highest BCUT2D eigenvalue weighted by molar-refractivity contribution is 7.89. The molecule has 0 radical (unpaired) electrons. The van der Waals surface area contributed by atoms with Crippen molar-refractivity contribution in [2.45, 2.75) is 32.6 Å². The SMILES string of the molecule is COc1ccc(CN(Cc2ccc(OC)cc2)S(=O)(=O)CCNCCC(=O)N(Cc2cccs2)Cc2cccs2)cc1. The van der Waals surface area contributed by atoms with Gasteiger partial charge in [0.05, 0.1) is 33.1 Å². The summed E-state index contributed by atoms with van der Waals surface area (Å²) in [5, 5.41) is 7.20. The molecule has 0 spiro atoms. The van der Waals surface area contributed by atoms with Gasteiger partial charge in [0.1, 0.15) is 11.5 Å². The second-order valence-electron chi connectivity index (χ2n) is 9.69. The number of benzene rings is 2. The maximum Gasteiger partial charge on any atom is 0.224 e. The van der Waals surface area contributed by atoms with Crippen molar-refractivity contribution in [2.24, 2.45) is 0 Å². The summed E-state index contributed by atoms with van der Waals surface area (Å²) in [5.41, 5.74) is 1.73. The van der Waals surface area contributed by atoms with Crippen molar-refractivity contribution in [2.75, 3.05) is 33.1 Å². The molecule has 4 rings (SSSR count). The number of nitrogens with one attached hydrogen (secondary N) is 1. The molecule has 0 aliphatic heterocycles. The van der Waals surface area contributed by atoms with Crippen molar-refractivity contribution >= 4 is 38.6 Å². The number of hydrogen-bond donors (Lipinski definition) is 1. The van der Waals surface area contributed by atoms with Gasteiger partial charge in [0.2, 0.25) is 15.9 Å². The Balaban J connectivity index is 1.33. The van der Waals surface area contributed by atoms with Gasteiger partial charge in [-0.25, -0.2) is 8.42 Å². The zero-order valence-corrected chi connectivity index (χ0v) is 26.3. The number of nitrogens with zero attached hydrogens (tertiary/aromatic N) is 2. The van der Waals surface area contributed by atoms with Gasteiger partial charge in [0, 0.05) is 42.4 Å². The van der Waals surface area contributed by atoms with E-state index >= 15 is 0 Å². The number of ether oxygens (including phenoxy) is 2. The molecule has 0 atom stereocenters. The van der Waals surface area contributed by atoms with Crippen LogP contribution in [0, 0.1) is 0 Å². The van der Waals surface area contributed by atoms with E-state index in [-0.39, 0.29) is 37.7 Å². The third-order valence-corrected chi connectivity index (χ3v) is 10.2. The van der Waals surface area contributed by atoms with E-state index in [0.717, 1.165) is 20.9 Å². The molecule has 42 heavy (non-hydrogen) atoms. The number of carbonyl (C=O) groups is 1. The zero-order valence-electron chi connectivity index (χ0n) is 23.9. The lowest BCUT2D eigenvalue weighted by atomic mass is 10.2. The van der Waals surface area contributed by atoms with Gasteiger partial charge in [0.15, 0.2) is 0 Å². The van der Waals surface area contributed by atoms with Gasteiger partial charge in [-0.3, -0.25) is 4.79 Å². The summed E-state index contributed by atoms with van der Waals surface area (Å²) in [7, 11) is -0.423. The van der Waals surface area contributed by atoms with Crippen LogP contribution < -0.4 is 14.8 Å². The van der Waals surface area contributed by atoms with Gasteiger partial charge in [-0.05, 0) is 58.3 Å². The molecule has 2 aromatic carbocycles. The van der Waals surface area contributed by atoms with Crippen LogP contribution in [0.2, 0.25) is 0 Å². The minimum absolute atomic E-state index is 0.0350. The summed E-state index contributed by atoms with van der Waals surface area (Å²) in [6.45, 7) is 2.24. The van der Waals surface area contributed by atoms with Crippen LogP contribution in [0.5, 0.6) is 11.5 Å². The number of hydrogen-bond acceptors (Lipinski definition) is 8. The quantitative estimate of drug-likeness (QED) is 0.159. The van der Waals surface area contributed by atoms with Crippen LogP contribution in [0.25, 0.3) is 0 Å². The van der Waals surface area contributed by atoms with E-state index in [9.17, 15) is 13.2 Å². The van der Waals surface area contributed by atoms with Crippen molar-refractivity contribution in [3.63, 3.8) is 0 Å². The summed E-state index contributed by atoms with van der Waals surface area (Å²) in [5.74, 6) is 1.38. The van der Waals surface area contributed by atoms with E-state index in [2.05, 4.69) is 5.32 Å². The van der Waals surface area contributed by atoms with Gasteiger partial charge in [-0.2, -0.15) is 4.31 Å². The summed E-state index contributed by atoms with van der Waals surface area (Å²) in [6.07, 6.45) is 0.290. The van der Waals surface area contributed by atoms with Crippen molar-refractivity contribution in [3.05, 3.63) is 104 Å².